The highest BCUT2D eigenvalue weighted by Crippen LogP contribution is 2.18. The van der Waals surface area contributed by atoms with Gasteiger partial charge < -0.3 is 10.2 Å². The van der Waals surface area contributed by atoms with Crippen LogP contribution >= 0.6 is 0 Å². The molecule has 3 heterocycles. The molecule has 0 atom stereocenters. The molecule has 2 fully saturated rings. The number of hydrogen-bond acceptors (Lipinski definition) is 6. The van der Waals surface area contributed by atoms with Gasteiger partial charge in [0, 0.05) is 51.4 Å². The third-order valence-corrected chi connectivity index (χ3v) is 3.86. The molecule has 0 bridgehead atoms. The van der Waals surface area contributed by atoms with Gasteiger partial charge in [-0.05, 0) is 6.07 Å². The summed E-state index contributed by atoms with van der Waals surface area (Å²) in [6, 6.07) is 3.94. The van der Waals surface area contributed by atoms with Gasteiger partial charge in [0.2, 0.25) is 0 Å². The summed E-state index contributed by atoms with van der Waals surface area (Å²) in [5.74, 6) is 0.831. The van der Waals surface area contributed by atoms with E-state index in [0.717, 1.165) is 45.1 Å². The predicted molar refractivity (Wildman–Crippen MR) is 71.3 cm³/mol. The molecule has 0 aliphatic carbocycles. The number of hydrogen-bond donors (Lipinski definition) is 1. The van der Waals surface area contributed by atoms with Crippen LogP contribution in [0.15, 0.2) is 18.3 Å². The Labute approximate surface area is 111 Å². The van der Waals surface area contributed by atoms with E-state index < -0.39 is 4.92 Å². The van der Waals surface area contributed by atoms with Crippen LogP contribution in [0, 0.1) is 10.1 Å². The van der Waals surface area contributed by atoms with E-state index >= 15 is 0 Å². The molecule has 0 saturated carbocycles. The average molecular weight is 263 g/mol. The Kier molecular flexibility index (Phi) is 3.31. The summed E-state index contributed by atoms with van der Waals surface area (Å²) in [6.07, 6.45) is 1.33. The topological polar surface area (TPSA) is 74.5 Å². The van der Waals surface area contributed by atoms with Crippen LogP contribution in [0.3, 0.4) is 0 Å². The zero-order valence-electron chi connectivity index (χ0n) is 10.7. The maximum absolute atomic E-state index is 10.6. The Balaban J connectivity index is 1.59. The average Bonchev–Trinajstić information content (AvgIpc) is 2.38. The minimum absolute atomic E-state index is 0.0444. The van der Waals surface area contributed by atoms with E-state index in [9.17, 15) is 10.1 Å². The maximum Gasteiger partial charge on any atom is 0.287 e. The molecule has 0 aromatic carbocycles. The monoisotopic (exact) mass is 263 g/mol. The van der Waals surface area contributed by atoms with Crippen molar-refractivity contribution >= 4 is 11.5 Å². The van der Waals surface area contributed by atoms with Gasteiger partial charge in [0.1, 0.15) is 12.0 Å². The molecular weight excluding hydrogens is 246 g/mol. The lowest BCUT2D eigenvalue weighted by atomic mass is 10.1. The Morgan fingerprint density at radius 1 is 1.26 bits per heavy atom. The van der Waals surface area contributed by atoms with Crippen LogP contribution in [-0.2, 0) is 0 Å². The van der Waals surface area contributed by atoms with Gasteiger partial charge in [-0.25, -0.2) is 4.98 Å². The first kappa shape index (κ1) is 12.3. The lowest BCUT2D eigenvalue weighted by Crippen LogP contribution is -2.61. The van der Waals surface area contributed by atoms with Crippen LogP contribution in [-0.4, -0.2) is 60.1 Å². The van der Waals surface area contributed by atoms with Gasteiger partial charge in [0.15, 0.2) is 0 Å². The summed E-state index contributed by atoms with van der Waals surface area (Å²) in [6.45, 7) is 6.12. The minimum Gasteiger partial charge on any atom is -0.354 e. The molecular formula is C12H17N5O2. The van der Waals surface area contributed by atoms with Crippen molar-refractivity contribution in [3.05, 3.63) is 28.4 Å². The quantitative estimate of drug-likeness (QED) is 0.615. The van der Waals surface area contributed by atoms with Gasteiger partial charge in [-0.1, -0.05) is 0 Å². The first-order chi connectivity index (χ1) is 9.24. The molecule has 2 aliphatic heterocycles. The second-order valence-electron chi connectivity index (χ2n) is 4.97. The molecule has 0 amide bonds. The van der Waals surface area contributed by atoms with Crippen molar-refractivity contribution < 1.29 is 4.92 Å². The third-order valence-electron chi connectivity index (χ3n) is 3.86. The molecule has 0 radical (unpaired) electrons. The standard InChI is InChI=1S/C12H17N5O2/c18-17(19)10-1-2-12(14-9-10)16-5-3-15(4-6-16)11-7-13-8-11/h1-2,9,11,13H,3-8H2. The number of aromatic nitrogens is 1. The molecule has 7 nitrogen and oxygen atoms in total. The highest BCUT2D eigenvalue weighted by atomic mass is 16.6. The van der Waals surface area contributed by atoms with Crippen LogP contribution in [0.25, 0.3) is 0 Å². The second-order valence-corrected chi connectivity index (χ2v) is 4.97. The smallest absolute Gasteiger partial charge is 0.287 e. The number of anilines is 1. The fourth-order valence-corrected chi connectivity index (χ4v) is 2.52. The summed E-state index contributed by atoms with van der Waals surface area (Å²) in [5, 5.41) is 13.9. The molecule has 0 unspecified atom stereocenters. The lowest BCUT2D eigenvalue weighted by Gasteiger charge is -2.43. The minimum atomic E-state index is -0.418. The van der Waals surface area contributed by atoms with Gasteiger partial charge in [0.05, 0.1) is 4.92 Å². The fraction of sp³-hybridized carbons (Fsp3) is 0.583. The summed E-state index contributed by atoms with van der Waals surface area (Å²) in [4.78, 5) is 19.0. The van der Waals surface area contributed by atoms with E-state index in [0.29, 0.717) is 6.04 Å². The van der Waals surface area contributed by atoms with E-state index in [-0.39, 0.29) is 5.69 Å². The van der Waals surface area contributed by atoms with Crippen molar-refractivity contribution in [2.24, 2.45) is 0 Å². The molecule has 19 heavy (non-hydrogen) atoms. The summed E-state index contributed by atoms with van der Waals surface area (Å²) in [7, 11) is 0. The molecule has 0 spiro atoms. The Hall–Kier alpha value is -1.73. The van der Waals surface area contributed by atoms with Crippen molar-refractivity contribution in [1.29, 1.82) is 0 Å². The summed E-state index contributed by atoms with van der Waals surface area (Å²) < 4.78 is 0. The molecule has 7 heteroatoms. The number of piperazine rings is 1. The molecule has 1 aromatic rings. The van der Waals surface area contributed by atoms with Gasteiger partial charge >= 0.3 is 0 Å². The molecule has 2 saturated heterocycles. The number of pyridine rings is 1. The molecule has 1 N–H and O–H groups in total. The van der Waals surface area contributed by atoms with Crippen molar-refractivity contribution in [3.63, 3.8) is 0 Å². The molecule has 1 aromatic heterocycles. The highest BCUT2D eigenvalue weighted by Gasteiger charge is 2.28. The lowest BCUT2D eigenvalue weighted by molar-refractivity contribution is -0.385. The summed E-state index contributed by atoms with van der Waals surface area (Å²) >= 11 is 0. The van der Waals surface area contributed by atoms with E-state index in [4.69, 9.17) is 0 Å². The SMILES string of the molecule is O=[N+]([O-])c1ccc(N2CCN(C3CNC3)CC2)nc1. The predicted octanol–water partition coefficient (Wildman–Crippen LogP) is 0.0836. The van der Waals surface area contributed by atoms with Crippen molar-refractivity contribution in [2.75, 3.05) is 44.2 Å². The third kappa shape index (κ3) is 2.52. The van der Waals surface area contributed by atoms with E-state index in [1.165, 1.54) is 12.3 Å². The Morgan fingerprint density at radius 2 is 2.00 bits per heavy atom. The fourth-order valence-electron chi connectivity index (χ4n) is 2.52. The summed E-state index contributed by atoms with van der Waals surface area (Å²) in [5.41, 5.74) is 0.0444. The number of nitro groups is 1. The van der Waals surface area contributed by atoms with Crippen LogP contribution in [0.5, 0.6) is 0 Å². The van der Waals surface area contributed by atoms with Crippen LogP contribution in [0.4, 0.5) is 11.5 Å². The normalized spacial score (nSPS) is 21.2. The van der Waals surface area contributed by atoms with Crippen LogP contribution in [0.1, 0.15) is 0 Å². The van der Waals surface area contributed by atoms with Gasteiger partial charge in [-0.3, -0.25) is 15.0 Å². The van der Waals surface area contributed by atoms with E-state index in [1.54, 1.807) is 6.07 Å². The first-order valence-corrected chi connectivity index (χ1v) is 6.54. The van der Waals surface area contributed by atoms with Gasteiger partial charge in [0.25, 0.3) is 5.69 Å². The zero-order chi connectivity index (χ0) is 13.2. The van der Waals surface area contributed by atoms with Crippen LogP contribution < -0.4 is 10.2 Å². The Morgan fingerprint density at radius 3 is 2.47 bits per heavy atom. The van der Waals surface area contributed by atoms with Crippen molar-refractivity contribution in [3.8, 4) is 0 Å². The number of nitrogens with zero attached hydrogens (tertiary/aromatic N) is 4. The number of nitrogens with one attached hydrogen (secondary N) is 1. The Bertz CT molecular complexity index is 452. The maximum atomic E-state index is 10.6. The molecule has 102 valence electrons. The largest absolute Gasteiger partial charge is 0.354 e. The van der Waals surface area contributed by atoms with Crippen LogP contribution in [0.2, 0.25) is 0 Å². The molecule has 2 aliphatic rings. The van der Waals surface area contributed by atoms with Crippen molar-refractivity contribution in [1.82, 2.24) is 15.2 Å². The molecule has 3 rings (SSSR count). The highest BCUT2D eigenvalue weighted by molar-refractivity contribution is 5.43. The van der Waals surface area contributed by atoms with Gasteiger partial charge in [-0.2, -0.15) is 0 Å². The number of rotatable bonds is 3. The van der Waals surface area contributed by atoms with E-state index in [1.807, 2.05) is 0 Å². The second kappa shape index (κ2) is 5.10. The van der Waals surface area contributed by atoms with Gasteiger partial charge in [-0.15, -0.1) is 0 Å². The zero-order valence-corrected chi connectivity index (χ0v) is 10.7. The van der Waals surface area contributed by atoms with E-state index in [2.05, 4.69) is 20.1 Å². The first-order valence-electron chi connectivity index (χ1n) is 6.54. The van der Waals surface area contributed by atoms with Crippen molar-refractivity contribution in [2.45, 2.75) is 6.04 Å².